The van der Waals surface area contributed by atoms with E-state index in [9.17, 15) is 0 Å². The van der Waals surface area contributed by atoms with Crippen LogP contribution in [-0.2, 0) is 0 Å². The van der Waals surface area contributed by atoms with Crippen molar-refractivity contribution < 1.29 is 0 Å². The van der Waals surface area contributed by atoms with Gasteiger partial charge in [-0.1, -0.05) is 32.1 Å². The number of para-hydroxylation sites is 2. The highest BCUT2D eigenvalue weighted by molar-refractivity contribution is 5.78. The van der Waals surface area contributed by atoms with Crippen LogP contribution in [0.25, 0.3) is 23.2 Å². The molecule has 84 valence electrons. The minimum Gasteiger partial charge on any atom is -0.244 e. The molecule has 1 aliphatic carbocycles. The van der Waals surface area contributed by atoms with Crippen molar-refractivity contribution >= 4 is 23.2 Å². The Kier molecular flexibility index (Phi) is 3.49. The molecule has 17 heavy (non-hydrogen) atoms. The second-order valence-electron chi connectivity index (χ2n) is 3.32. The van der Waals surface area contributed by atoms with Gasteiger partial charge in [-0.3, -0.25) is 0 Å². The number of hydrogen-bond acceptors (Lipinski definition) is 2. The van der Waals surface area contributed by atoms with Crippen LogP contribution in [0.2, 0.25) is 0 Å². The van der Waals surface area contributed by atoms with Crippen LogP contribution >= 0.6 is 0 Å². The zero-order chi connectivity index (χ0) is 12.1. The molecule has 0 saturated heterocycles. The highest BCUT2D eigenvalue weighted by Crippen LogP contribution is 2.16. The predicted octanol–water partition coefficient (Wildman–Crippen LogP) is 3.85. The van der Waals surface area contributed by atoms with Crippen molar-refractivity contribution in [2.45, 2.75) is 13.8 Å². The fourth-order valence-electron chi connectivity index (χ4n) is 1.58. The van der Waals surface area contributed by atoms with Gasteiger partial charge in [0, 0.05) is 6.08 Å². The quantitative estimate of drug-likeness (QED) is 0.633. The van der Waals surface area contributed by atoms with Crippen molar-refractivity contribution in [3.8, 4) is 0 Å². The van der Waals surface area contributed by atoms with E-state index in [1.165, 1.54) is 0 Å². The average molecular weight is 222 g/mol. The van der Waals surface area contributed by atoms with Gasteiger partial charge in [-0.2, -0.15) is 0 Å². The van der Waals surface area contributed by atoms with Gasteiger partial charge in [-0.15, -0.1) is 5.73 Å². The van der Waals surface area contributed by atoms with Crippen LogP contribution in [0.5, 0.6) is 0 Å². The molecule has 0 fully saturated rings. The monoisotopic (exact) mass is 222 g/mol. The van der Waals surface area contributed by atoms with Crippen LogP contribution in [0.4, 0.5) is 0 Å². The molecule has 3 rings (SSSR count). The Hall–Kier alpha value is -2.18. The molecule has 0 spiro atoms. The third-order valence-corrected chi connectivity index (χ3v) is 2.29. The van der Waals surface area contributed by atoms with Gasteiger partial charge < -0.3 is 0 Å². The minimum atomic E-state index is 0.874. The molecule has 0 aliphatic heterocycles. The van der Waals surface area contributed by atoms with Crippen LogP contribution in [-0.4, -0.2) is 9.97 Å². The summed E-state index contributed by atoms with van der Waals surface area (Å²) in [5.74, 6) is 0. The molecule has 2 aromatic rings. The van der Waals surface area contributed by atoms with Crippen LogP contribution in [0.15, 0.2) is 42.1 Å². The van der Waals surface area contributed by atoms with Crippen LogP contribution in [0, 0.1) is 0 Å². The van der Waals surface area contributed by atoms with Gasteiger partial charge in [0.2, 0.25) is 0 Å². The van der Waals surface area contributed by atoms with Crippen LogP contribution < -0.4 is 0 Å². The average Bonchev–Trinajstić information content (AvgIpc) is 2.63. The van der Waals surface area contributed by atoms with E-state index in [0.29, 0.717) is 0 Å². The molecule has 2 nitrogen and oxygen atoms in total. The smallest absolute Gasteiger partial charge is 0.0971 e. The van der Waals surface area contributed by atoms with Gasteiger partial charge >= 0.3 is 0 Å². The van der Waals surface area contributed by atoms with Gasteiger partial charge in [0.15, 0.2) is 0 Å². The maximum absolute atomic E-state index is 4.54. The SMILES string of the molecule is C1=CC=Cc2nc3ccccc3nc2C=1.CC. The first-order valence-corrected chi connectivity index (χ1v) is 5.79. The Morgan fingerprint density at radius 2 is 1.59 bits per heavy atom. The van der Waals surface area contributed by atoms with E-state index in [-0.39, 0.29) is 0 Å². The van der Waals surface area contributed by atoms with E-state index in [2.05, 4.69) is 15.7 Å². The molecule has 1 aliphatic rings. The van der Waals surface area contributed by atoms with Gasteiger partial charge in [0.1, 0.15) is 0 Å². The lowest BCUT2D eigenvalue weighted by atomic mass is 10.2. The Morgan fingerprint density at radius 1 is 0.941 bits per heavy atom. The maximum Gasteiger partial charge on any atom is 0.0971 e. The molecule has 0 radical (unpaired) electrons. The number of nitrogens with zero attached hydrogens (tertiary/aromatic N) is 2. The Morgan fingerprint density at radius 3 is 2.29 bits per heavy atom. The van der Waals surface area contributed by atoms with Crippen LogP contribution in [0.1, 0.15) is 25.2 Å². The fourth-order valence-corrected chi connectivity index (χ4v) is 1.58. The Labute approximate surface area is 101 Å². The van der Waals surface area contributed by atoms with Crippen LogP contribution in [0.3, 0.4) is 0 Å². The number of aromatic nitrogens is 2. The molecule has 2 heteroatoms. The normalized spacial score (nSPS) is 11.6. The van der Waals surface area contributed by atoms with Gasteiger partial charge in [0.05, 0.1) is 22.4 Å². The third kappa shape index (κ3) is 2.32. The summed E-state index contributed by atoms with van der Waals surface area (Å²) in [6, 6.07) is 7.88. The molecule has 0 unspecified atom stereocenters. The number of fused-ring (bicyclic) bond motifs is 2. The van der Waals surface area contributed by atoms with Gasteiger partial charge in [-0.25, -0.2) is 9.97 Å². The highest BCUT2D eigenvalue weighted by atomic mass is 14.8. The summed E-state index contributed by atoms with van der Waals surface area (Å²) in [7, 11) is 0. The lowest BCUT2D eigenvalue weighted by Gasteiger charge is -2.01. The topological polar surface area (TPSA) is 25.8 Å². The molecule has 0 bridgehead atoms. The van der Waals surface area contributed by atoms with E-state index < -0.39 is 0 Å². The summed E-state index contributed by atoms with van der Waals surface area (Å²) < 4.78 is 0. The number of benzene rings is 1. The summed E-state index contributed by atoms with van der Waals surface area (Å²) in [6.07, 6.45) is 7.58. The second-order valence-corrected chi connectivity index (χ2v) is 3.32. The third-order valence-electron chi connectivity index (χ3n) is 2.29. The zero-order valence-electron chi connectivity index (χ0n) is 10.0. The second kappa shape index (κ2) is 5.24. The molecule has 0 atom stereocenters. The molecule has 1 aromatic carbocycles. The summed E-state index contributed by atoms with van der Waals surface area (Å²) in [4.78, 5) is 9.06. The van der Waals surface area contributed by atoms with Crippen molar-refractivity contribution in [2.75, 3.05) is 0 Å². The summed E-state index contributed by atoms with van der Waals surface area (Å²) >= 11 is 0. The predicted molar refractivity (Wildman–Crippen MR) is 72.5 cm³/mol. The highest BCUT2D eigenvalue weighted by Gasteiger charge is 2.03. The first-order chi connectivity index (χ1) is 8.43. The molecular weight excluding hydrogens is 208 g/mol. The van der Waals surface area contributed by atoms with Gasteiger partial charge in [-0.05, 0) is 24.3 Å². The number of rotatable bonds is 0. The molecule has 1 heterocycles. The molecule has 1 aromatic heterocycles. The van der Waals surface area contributed by atoms with E-state index in [1.807, 2.05) is 62.4 Å². The number of hydrogen-bond donors (Lipinski definition) is 0. The van der Waals surface area contributed by atoms with E-state index in [4.69, 9.17) is 0 Å². The summed E-state index contributed by atoms with van der Waals surface area (Å²) in [6.45, 7) is 4.00. The molecule has 0 amide bonds. The summed E-state index contributed by atoms with van der Waals surface area (Å²) in [5, 5.41) is 0. The largest absolute Gasteiger partial charge is 0.244 e. The zero-order valence-corrected chi connectivity index (χ0v) is 10.0. The first kappa shape index (κ1) is 11.3. The fraction of sp³-hybridized carbons (Fsp3) is 0.133. The number of allylic oxidation sites excluding steroid dienone is 2. The maximum atomic E-state index is 4.54. The lowest BCUT2D eigenvalue weighted by Crippen LogP contribution is -1.92. The van der Waals surface area contributed by atoms with E-state index >= 15 is 0 Å². The van der Waals surface area contributed by atoms with E-state index in [0.717, 1.165) is 22.4 Å². The summed E-state index contributed by atoms with van der Waals surface area (Å²) in [5.41, 5.74) is 6.65. The van der Waals surface area contributed by atoms with Crippen molar-refractivity contribution in [3.05, 3.63) is 53.5 Å². The minimum absolute atomic E-state index is 0.874. The van der Waals surface area contributed by atoms with Crippen molar-refractivity contribution in [1.82, 2.24) is 9.97 Å². The first-order valence-electron chi connectivity index (χ1n) is 5.79. The van der Waals surface area contributed by atoms with Crippen molar-refractivity contribution in [3.63, 3.8) is 0 Å². The van der Waals surface area contributed by atoms with Crippen molar-refractivity contribution in [2.24, 2.45) is 0 Å². The molecule has 0 N–H and O–H groups in total. The molecular formula is C15H14N2. The van der Waals surface area contributed by atoms with Gasteiger partial charge in [0.25, 0.3) is 0 Å². The van der Waals surface area contributed by atoms with Crippen molar-refractivity contribution in [1.29, 1.82) is 0 Å². The Bertz CT molecular complexity index is 618. The van der Waals surface area contributed by atoms with E-state index in [1.54, 1.807) is 0 Å². The Balaban J connectivity index is 0.000000514. The molecule has 0 saturated carbocycles. The lowest BCUT2D eigenvalue weighted by molar-refractivity contribution is 1.24. The standard InChI is InChI=1S/C13H8N2.C2H6/c1-2-6-10-11(7-3-1)15-13-9-5-4-8-12(13)14-10;1-2/h1-2,4-9H;1-2H3.